The third kappa shape index (κ3) is 3.18. The fraction of sp³-hybridized carbons (Fsp3) is 0.909. The van der Waals surface area contributed by atoms with E-state index in [1.165, 1.54) is 0 Å². The van der Waals surface area contributed by atoms with Crippen LogP contribution in [0.3, 0.4) is 0 Å². The van der Waals surface area contributed by atoms with Gasteiger partial charge in [-0.05, 0) is 19.3 Å². The Balaban J connectivity index is 2.71. The number of hydrogen-bond donors (Lipinski definition) is 3. The SMILES string of the molecule is O=C(O)C1(CC(O)CO)CCCCCC1. The molecule has 4 heteroatoms. The summed E-state index contributed by atoms with van der Waals surface area (Å²) >= 11 is 0. The molecule has 0 heterocycles. The van der Waals surface area contributed by atoms with E-state index in [0.29, 0.717) is 12.8 Å². The van der Waals surface area contributed by atoms with Crippen molar-refractivity contribution in [3.8, 4) is 0 Å². The lowest BCUT2D eigenvalue weighted by atomic mass is 9.76. The number of carbonyl (C=O) groups is 1. The van der Waals surface area contributed by atoms with Gasteiger partial charge in [-0.2, -0.15) is 0 Å². The van der Waals surface area contributed by atoms with Crippen molar-refractivity contribution in [3.05, 3.63) is 0 Å². The summed E-state index contributed by atoms with van der Waals surface area (Å²) < 4.78 is 0. The zero-order valence-electron chi connectivity index (χ0n) is 8.98. The minimum atomic E-state index is -0.904. The third-order valence-electron chi connectivity index (χ3n) is 3.35. The highest BCUT2D eigenvalue weighted by Crippen LogP contribution is 2.39. The van der Waals surface area contributed by atoms with Gasteiger partial charge in [0.05, 0.1) is 18.1 Å². The first-order valence-electron chi connectivity index (χ1n) is 5.63. The molecule has 3 N–H and O–H groups in total. The second-order valence-corrected chi connectivity index (χ2v) is 4.54. The summed E-state index contributed by atoms with van der Waals surface area (Å²) in [7, 11) is 0. The molecule has 0 spiro atoms. The van der Waals surface area contributed by atoms with Crippen LogP contribution in [0.5, 0.6) is 0 Å². The quantitative estimate of drug-likeness (QED) is 0.616. The average Bonchev–Trinajstić information content (AvgIpc) is 2.44. The Hall–Kier alpha value is -0.610. The van der Waals surface area contributed by atoms with Crippen LogP contribution in [-0.2, 0) is 4.79 Å². The Bertz CT molecular complexity index is 207. The number of carboxylic acid groups (broad SMARTS) is 1. The Kier molecular flexibility index (Phi) is 4.54. The van der Waals surface area contributed by atoms with Gasteiger partial charge in [-0.3, -0.25) is 4.79 Å². The lowest BCUT2D eigenvalue weighted by molar-refractivity contribution is -0.152. The van der Waals surface area contributed by atoms with E-state index in [1.807, 2.05) is 0 Å². The summed E-state index contributed by atoms with van der Waals surface area (Å²) in [4.78, 5) is 11.3. The number of carboxylic acids is 1. The molecule has 1 unspecified atom stereocenters. The van der Waals surface area contributed by atoms with Gasteiger partial charge in [0.15, 0.2) is 0 Å². The molecule has 0 aromatic carbocycles. The zero-order valence-corrected chi connectivity index (χ0v) is 8.98. The highest BCUT2D eigenvalue weighted by atomic mass is 16.4. The van der Waals surface area contributed by atoms with E-state index < -0.39 is 17.5 Å². The molecule has 0 amide bonds. The Labute approximate surface area is 89.9 Å². The molecule has 1 fully saturated rings. The molecular formula is C11H20O4. The molecule has 88 valence electrons. The Morgan fingerprint density at radius 3 is 2.13 bits per heavy atom. The third-order valence-corrected chi connectivity index (χ3v) is 3.35. The van der Waals surface area contributed by atoms with Crippen molar-refractivity contribution in [2.24, 2.45) is 5.41 Å². The maximum atomic E-state index is 11.3. The maximum absolute atomic E-state index is 11.3. The topological polar surface area (TPSA) is 77.8 Å². The molecule has 1 aliphatic carbocycles. The van der Waals surface area contributed by atoms with Crippen molar-refractivity contribution >= 4 is 5.97 Å². The van der Waals surface area contributed by atoms with Gasteiger partial charge in [0, 0.05) is 0 Å². The first-order valence-corrected chi connectivity index (χ1v) is 5.63. The lowest BCUT2D eigenvalue weighted by Crippen LogP contribution is -2.35. The van der Waals surface area contributed by atoms with Crippen LogP contribution in [0.1, 0.15) is 44.9 Å². The summed E-state index contributed by atoms with van der Waals surface area (Å²) in [6.45, 7) is -0.352. The van der Waals surface area contributed by atoms with E-state index in [9.17, 15) is 15.0 Å². The van der Waals surface area contributed by atoms with E-state index in [1.54, 1.807) is 0 Å². The van der Waals surface area contributed by atoms with Gasteiger partial charge in [0.1, 0.15) is 0 Å². The summed E-state index contributed by atoms with van der Waals surface area (Å²) in [6, 6.07) is 0. The highest BCUT2D eigenvalue weighted by molar-refractivity contribution is 5.74. The van der Waals surface area contributed by atoms with Crippen LogP contribution in [0.25, 0.3) is 0 Å². The monoisotopic (exact) mass is 216 g/mol. The molecule has 1 aliphatic rings. The molecule has 1 atom stereocenters. The van der Waals surface area contributed by atoms with Gasteiger partial charge in [0.25, 0.3) is 0 Å². The second-order valence-electron chi connectivity index (χ2n) is 4.54. The van der Waals surface area contributed by atoms with Crippen LogP contribution in [0.15, 0.2) is 0 Å². The predicted molar refractivity (Wildman–Crippen MR) is 55.5 cm³/mol. The van der Waals surface area contributed by atoms with E-state index in [0.717, 1.165) is 25.7 Å². The van der Waals surface area contributed by atoms with Crippen molar-refractivity contribution in [3.63, 3.8) is 0 Å². The van der Waals surface area contributed by atoms with Crippen LogP contribution in [-0.4, -0.2) is 34.0 Å². The average molecular weight is 216 g/mol. The lowest BCUT2D eigenvalue weighted by Gasteiger charge is -2.29. The van der Waals surface area contributed by atoms with Crippen molar-refractivity contribution in [2.45, 2.75) is 51.0 Å². The zero-order chi connectivity index (χ0) is 11.3. The van der Waals surface area contributed by atoms with Crippen molar-refractivity contribution in [2.75, 3.05) is 6.61 Å². The fourth-order valence-corrected chi connectivity index (χ4v) is 2.43. The summed E-state index contributed by atoms with van der Waals surface area (Å²) in [5.74, 6) is -0.822. The van der Waals surface area contributed by atoms with Gasteiger partial charge in [-0.15, -0.1) is 0 Å². The second kappa shape index (κ2) is 5.47. The van der Waals surface area contributed by atoms with Crippen LogP contribution >= 0.6 is 0 Å². The number of hydrogen-bond acceptors (Lipinski definition) is 3. The first kappa shape index (κ1) is 12.5. The van der Waals surface area contributed by atoms with E-state index in [2.05, 4.69) is 0 Å². The van der Waals surface area contributed by atoms with Crippen LogP contribution < -0.4 is 0 Å². The molecular weight excluding hydrogens is 196 g/mol. The normalized spacial score (nSPS) is 23.1. The number of aliphatic carboxylic acids is 1. The molecule has 15 heavy (non-hydrogen) atoms. The van der Waals surface area contributed by atoms with Gasteiger partial charge in [-0.1, -0.05) is 25.7 Å². The standard InChI is InChI=1S/C11H20O4/c12-8-9(13)7-11(10(14)15)5-3-1-2-4-6-11/h9,12-13H,1-8H2,(H,14,15). The van der Waals surface area contributed by atoms with Crippen LogP contribution in [0.2, 0.25) is 0 Å². The minimum absolute atomic E-state index is 0.179. The maximum Gasteiger partial charge on any atom is 0.309 e. The summed E-state index contributed by atoms with van der Waals surface area (Å²) in [5.41, 5.74) is -0.807. The van der Waals surface area contributed by atoms with Crippen molar-refractivity contribution in [1.82, 2.24) is 0 Å². The molecule has 0 saturated heterocycles. The van der Waals surface area contributed by atoms with E-state index in [-0.39, 0.29) is 13.0 Å². The smallest absolute Gasteiger partial charge is 0.309 e. The van der Waals surface area contributed by atoms with E-state index >= 15 is 0 Å². The molecule has 0 bridgehead atoms. The van der Waals surface area contributed by atoms with Crippen molar-refractivity contribution in [1.29, 1.82) is 0 Å². The first-order chi connectivity index (χ1) is 7.10. The highest BCUT2D eigenvalue weighted by Gasteiger charge is 2.39. The number of aliphatic hydroxyl groups is 2. The molecule has 4 nitrogen and oxygen atoms in total. The van der Waals surface area contributed by atoms with E-state index in [4.69, 9.17) is 5.11 Å². The van der Waals surface area contributed by atoms with Crippen molar-refractivity contribution < 1.29 is 20.1 Å². The predicted octanol–water partition coefficient (Wildman–Crippen LogP) is 1.15. The number of rotatable bonds is 4. The van der Waals surface area contributed by atoms with Gasteiger partial charge in [-0.25, -0.2) is 0 Å². The van der Waals surface area contributed by atoms with Gasteiger partial charge >= 0.3 is 5.97 Å². The molecule has 0 aromatic heterocycles. The number of aliphatic hydroxyl groups excluding tert-OH is 2. The van der Waals surface area contributed by atoms with Crippen LogP contribution in [0, 0.1) is 5.41 Å². The minimum Gasteiger partial charge on any atom is -0.481 e. The molecule has 1 saturated carbocycles. The molecule has 0 aliphatic heterocycles. The van der Waals surface area contributed by atoms with Gasteiger partial charge < -0.3 is 15.3 Å². The van der Waals surface area contributed by atoms with Gasteiger partial charge in [0.2, 0.25) is 0 Å². The molecule has 1 rings (SSSR count). The van der Waals surface area contributed by atoms with Crippen LogP contribution in [0.4, 0.5) is 0 Å². The molecule has 0 radical (unpaired) electrons. The Morgan fingerprint density at radius 1 is 1.20 bits per heavy atom. The molecule has 0 aromatic rings. The fourth-order valence-electron chi connectivity index (χ4n) is 2.43. The Morgan fingerprint density at radius 2 is 1.73 bits per heavy atom. The summed E-state index contributed by atoms with van der Waals surface area (Å²) in [6.07, 6.45) is 4.49. The largest absolute Gasteiger partial charge is 0.481 e. The summed E-state index contributed by atoms with van der Waals surface area (Å²) in [5, 5.41) is 27.5.